The van der Waals surface area contributed by atoms with Crippen molar-refractivity contribution in [2.75, 3.05) is 17.5 Å². The smallest absolute Gasteiger partial charge is 0.374 e. The third-order valence-corrected chi connectivity index (χ3v) is 10.2. The Bertz CT molecular complexity index is 2040. The average Bonchev–Trinajstić information content (AvgIpc) is 3.59. The van der Waals surface area contributed by atoms with E-state index in [1.54, 1.807) is 68.1 Å². The molecule has 5 aromatic rings. The normalized spacial score (nSPS) is 11.5. The van der Waals surface area contributed by atoms with E-state index in [9.17, 15) is 18.0 Å². The van der Waals surface area contributed by atoms with Gasteiger partial charge in [-0.2, -0.15) is 0 Å². The number of amides is 1. The van der Waals surface area contributed by atoms with Crippen molar-refractivity contribution in [3.05, 3.63) is 117 Å². The molecule has 1 amide bonds. The van der Waals surface area contributed by atoms with E-state index in [1.165, 1.54) is 22.5 Å². The fourth-order valence-corrected chi connectivity index (χ4v) is 7.29. The number of rotatable bonds is 11. The number of fused-ring (bicyclic) bond motifs is 1. The molecule has 46 heavy (non-hydrogen) atoms. The molecule has 0 fully saturated rings. The van der Waals surface area contributed by atoms with E-state index in [0.29, 0.717) is 43.4 Å². The molecule has 0 aliphatic heterocycles. The monoisotopic (exact) mass is 681 g/mol. The molecule has 5 rings (SSSR count). The highest BCUT2D eigenvalue weighted by Gasteiger charge is 2.29. The van der Waals surface area contributed by atoms with Crippen LogP contribution in [0.25, 0.3) is 11.0 Å². The summed E-state index contributed by atoms with van der Waals surface area (Å²) in [6.45, 7) is 5.64. The number of carbonyl (C=O) groups excluding carboxylic acids is 2. The fourth-order valence-electron chi connectivity index (χ4n) is 5.34. The highest BCUT2D eigenvalue weighted by atomic mass is 35.5. The summed E-state index contributed by atoms with van der Waals surface area (Å²) in [5, 5.41) is 1.18. The third kappa shape index (κ3) is 6.51. The summed E-state index contributed by atoms with van der Waals surface area (Å²) in [6.07, 6.45) is 1.89. The molecule has 0 N–H and O–H groups in total. The van der Waals surface area contributed by atoms with E-state index in [4.69, 9.17) is 32.4 Å². The molecular formula is C34H33Cl2N3O6S. The summed E-state index contributed by atoms with van der Waals surface area (Å²) in [7, 11) is -2.25. The van der Waals surface area contributed by atoms with E-state index in [-0.39, 0.29) is 42.8 Å². The summed E-state index contributed by atoms with van der Waals surface area (Å²) in [6, 6.07) is 20.0. The van der Waals surface area contributed by atoms with Gasteiger partial charge < -0.3 is 18.6 Å². The number of ether oxygens (including phenoxy) is 1. The largest absolute Gasteiger partial charge is 0.460 e. The standard InChI is InChI=1S/C34H33Cl2N3O6S/c1-5-39(46(42,43)26-14-16-31-28(19-26)22(3)32(45-31)34(41)44-6-2)30-15-13-24(35)18-23(30)20-38(21-25-10-9-17-37(25)4)33(40)27-11-7-8-12-29(27)36/h7-19H,5-6,20-21H2,1-4H3. The van der Waals surface area contributed by atoms with Gasteiger partial charge in [0.05, 0.1) is 34.3 Å². The number of anilines is 1. The Balaban J connectivity index is 1.56. The first-order valence-electron chi connectivity index (χ1n) is 14.6. The van der Waals surface area contributed by atoms with Gasteiger partial charge in [0.1, 0.15) is 5.58 Å². The van der Waals surface area contributed by atoms with Crippen LogP contribution < -0.4 is 4.31 Å². The molecule has 240 valence electrons. The van der Waals surface area contributed by atoms with Crippen LogP contribution in [0, 0.1) is 6.92 Å². The molecule has 0 saturated heterocycles. The van der Waals surface area contributed by atoms with Crippen LogP contribution in [-0.4, -0.2) is 42.9 Å². The van der Waals surface area contributed by atoms with Gasteiger partial charge in [0.25, 0.3) is 15.9 Å². The third-order valence-electron chi connectivity index (χ3n) is 7.71. The van der Waals surface area contributed by atoms with Crippen LogP contribution in [0.5, 0.6) is 0 Å². The molecule has 2 heterocycles. The van der Waals surface area contributed by atoms with Gasteiger partial charge in [0.15, 0.2) is 0 Å². The van der Waals surface area contributed by atoms with E-state index < -0.39 is 16.0 Å². The van der Waals surface area contributed by atoms with Crippen LogP contribution in [0.15, 0.2) is 88.3 Å². The summed E-state index contributed by atoms with van der Waals surface area (Å²) in [5.41, 5.74) is 2.94. The molecule has 0 spiro atoms. The van der Waals surface area contributed by atoms with E-state index in [1.807, 2.05) is 29.9 Å². The lowest BCUT2D eigenvalue weighted by molar-refractivity contribution is 0.0491. The van der Waals surface area contributed by atoms with Gasteiger partial charge >= 0.3 is 5.97 Å². The van der Waals surface area contributed by atoms with Crippen molar-refractivity contribution in [1.29, 1.82) is 0 Å². The zero-order valence-electron chi connectivity index (χ0n) is 25.8. The highest BCUT2D eigenvalue weighted by molar-refractivity contribution is 7.92. The molecule has 12 heteroatoms. The SMILES string of the molecule is CCOC(=O)c1oc2ccc(S(=O)(=O)N(CC)c3ccc(Cl)cc3CN(Cc3cccn3C)C(=O)c3ccccc3Cl)cc2c1C. The summed E-state index contributed by atoms with van der Waals surface area (Å²) in [4.78, 5) is 28.0. The Morgan fingerprint density at radius 3 is 2.39 bits per heavy atom. The Morgan fingerprint density at radius 2 is 1.72 bits per heavy atom. The zero-order valence-corrected chi connectivity index (χ0v) is 28.1. The van der Waals surface area contributed by atoms with E-state index in [2.05, 4.69) is 0 Å². The van der Waals surface area contributed by atoms with Gasteiger partial charge in [-0.1, -0.05) is 35.3 Å². The molecule has 0 bridgehead atoms. The molecule has 0 unspecified atom stereocenters. The predicted octanol–water partition coefficient (Wildman–Crippen LogP) is 7.62. The lowest BCUT2D eigenvalue weighted by Crippen LogP contribution is -2.34. The molecular weight excluding hydrogens is 649 g/mol. The number of hydrogen-bond acceptors (Lipinski definition) is 6. The van der Waals surface area contributed by atoms with Gasteiger partial charge in [-0.05, 0) is 87.0 Å². The minimum atomic E-state index is -4.14. The lowest BCUT2D eigenvalue weighted by Gasteiger charge is -2.29. The number of furan rings is 1. The summed E-state index contributed by atoms with van der Waals surface area (Å²) >= 11 is 12.9. The van der Waals surface area contributed by atoms with Crippen LogP contribution in [0.4, 0.5) is 5.69 Å². The number of benzene rings is 3. The van der Waals surface area contributed by atoms with Crippen molar-refractivity contribution >= 4 is 61.8 Å². The van der Waals surface area contributed by atoms with Gasteiger partial charge in [-0.25, -0.2) is 13.2 Å². The number of halogens is 2. The number of aryl methyl sites for hydroxylation is 2. The van der Waals surface area contributed by atoms with Crippen molar-refractivity contribution in [3.63, 3.8) is 0 Å². The Kier molecular flexibility index (Phi) is 9.81. The van der Waals surface area contributed by atoms with Gasteiger partial charge in [0, 0.05) is 48.0 Å². The number of carbonyl (C=O) groups is 2. The van der Waals surface area contributed by atoms with E-state index in [0.717, 1.165) is 5.69 Å². The van der Waals surface area contributed by atoms with Crippen molar-refractivity contribution in [1.82, 2.24) is 9.47 Å². The number of hydrogen-bond donors (Lipinski definition) is 0. The zero-order chi connectivity index (χ0) is 33.2. The molecule has 0 atom stereocenters. The minimum Gasteiger partial charge on any atom is -0.460 e. The Morgan fingerprint density at radius 1 is 0.957 bits per heavy atom. The Labute approximate surface area is 277 Å². The summed E-state index contributed by atoms with van der Waals surface area (Å²) < 4.78 is 42.5. The van der Waals surface area contributed by atoms with Crippen LogP contribution in [0.2, 0.25) is 10.0 Å². The van der Waals surface area contributed by atoms with Gasteiger partial charge in [-0.15, -0.1) is 0 Å². The fraction of sp³-hybridized carbons (Fsp3) is 0.235. The molecule has 0 aliphatic rings. The van der Waals surface area contributed by atoms with Crippen LogP contribution in [0.3, 0.4) is 0 Å². The molecule has 0 saturated carbocycles. The first-order valence-corrected chi connectivity index (χ1v) is 16.8. The minimum absolute atomic E-state index is 0.00914. The second-order valence-corrected chi connectivity index (χ2v) is 13.3. The maximum Gasteiger partial charge on any atom is 0.374 e. The number of esters is 1. The van der Waals surface area contributed by atoms with E-state index >= 15 is 0 Å². The van der Waals surface area contributed by atoms with Gasteiger partial charge in [0.2, 0.25) is 5.76 Å². The molecule has 9 nitrogen and oxygen atoms in total. The molecule has 2 aromatic heterocycles. The van der Waals surface area contributed by atoms with Crippen molar-refractivity contribution < 1.29 is 27.2 Å². The number of nitrogens with zero attached hydrogens (tertiary/aromatic N) is 3. The van der Waals surface area contributed by atoms with Crippen LogP contribution in [0.1, 0.15) is 51.6 Å². The first-order chi connectivity index (χ1) is 22.0. The topological polar surface area (TPSA) is 102 Å². The Hall–Kier alpha value is -4.25. The van der Waals surface area contributed by atoms with Crippen molar-refractivity contribution in [2.24, 2.45) is 7.05 Å². The molecule has 0 aliphatic carbocycles. The van der Waals surface area contributed by atoms with Crippen molar-refractivity contribution in [3.8, 4) is 0 Å². The number of aromatic nitrogens is 1. The predicted molar refractivity (Wildman–Crippen MR) is 179 cm³/mol. The average molecular weight is 683 g/mol. The summed E-state index contributed by atoms with van der Waals surface area (Å²) in [5.74, 6) is -0.907. The van der Waals surface area contributed by atoms with Gasteiger partial charge in [-0.3, -0.25) is 9.10 Å². The van der Waals surface area contributed by atoms with Crippen LogP contribution >= 0.6 is 23.2 Å². The maximum absolute atomic E-state index is 14.3. The molecule has 0 radical (unpaired) electrons. The van der Waals surface area contributed by atoms with Crippen LogP contribution in [-0.2, 0) is 34.9 Å². The number of sulfonamides is 1. The quantitative estimate of drug-likeness (QED) is 0.133. The highest BCUT2D eigenvalue weighted by Crippen LogP contribution is 2.34. The molecule has 3 aromatic carbocycles. The second-order valence-electron chi connectivity index (χ2n) is 10.6. The first kappa shape index (κ1) is 33.1. The maximum atomic E-state index is 14.3. The van der Waals surface area contributed by atoms with Crippen molar-refractivity contribution in [2.45, 2.75) is 38.8 Å². The lowest BCUT2D eigenvalue weighted by atomic mass is 10.1. The second kappa shape index (κ2) is 13.6.